The SMILES string of the molecule is C=CCCC(=O)OC[C@H](NC(=O)[C@@H]1[C@H]2O[C@@]3(CC2Br)[C@H](C(=O)N(CC=C)C(C)CCC)N([C@H](CO)c2ccccc2)C(=O)[C@@H]13)c1ccccc1. The molecule has 0 aromatic heterocycles. The van der Waals surface area contributed by atoms with Crippen molar-refractivity contribution < 1.29 is 33.8 Å². The summed E-state index contributed by atoms with van der Waals surface area (Å²) in [4.78, 5) is 59.6. The fourth-order valence-electron chi connectivity index (χ4n) is 8.01. The molecule has 10 nitrogen and oxygen atoms in total. The van der Waals surface area contributed by atoms with E-state index in [4.69, 9.17) is 9.47 Å². The lowest BCUT2D eigenvalue weighted by atomic mass is 9.70. The van der Waals surface area contributed by atoms with E-state index >= 15 is 0 Å². The van der Waals surface area contributed by atoms with Crippen molar-refractivity contribution in [3.63, 3.8) is 0 Å². The van der Waals surface area contributed by atoms with Gasteiger partial charge < -0.3 is 29.7 Å². The van der Waals surface area contributed by atoms with Crippen LogP contribution in [0.25, 0.3) is 0 Å². The molecule has 0 radical (unpaired) electrons. The zero-order chi connectivity index (χ0) is 36.0. The van der Waals surface area contributed by atoms with Gasteiger partial charge in [0, 0.05) is 23.8 Å². The molecule has 3 fully saturated rings. The average molecular weight is 751 g/mol. The Balaban J connectivity index is 1.54. The van der Waals surface area contributed by atoms with Gasteiger partial charge in [0.25, 0.3) is 0 Å². The van der Waals surface area contributed by atoms with E-state index in [1.54, 1.807) is 17.1 Å². The fourth-order valence-corrected chi connectivity index (χ4v) is 8.95. The minimum atomic E-state index is -1.33. The number of alkyl halides is 1. The molecule has 11 heteroatoms. The normalized spacial score (nSPS) is 26.8. The van der Waals surface area contributed by atoms with Gasteiger partial charge in [-0.25, -0.2) is 0 Å². The Hall–Kier alpha value is -3.80. The number of allylic oxidation sites excluding steroid dienone is 1. The Morgan fingerprint density at radius 3 is 2.38 bits per heavy atom. The summed E-state index contributed by atoms with van der Waals surface area (Å²) in [6, 6.07) is 15.5. The van der Waals surface area contributed by atoms with Gasteiger partial charge in [-0.3, -0.25) is 19.2 Å². The van der Waals surface area contributed by atoms with E-state index in [-0.39, 0.29) is 36.3 Å². The van der Waals surface area contributed by atoms with Crippen LogP contribution in [0.1, 0.15) is 69.2 Å². The molecule has 2 aromatic carbocycles. The number of hydrogen-bond acceptors (Lipinski definition) is 7. The Morgan fingerprint density at radius 1 is 1.12 bits per heavy atom. The highest BCUT2D eigenvalue weighted by Crippen LogP contribution is 2.61. The Morgan fingerprint density at radius 2 is 1.78 bits per heavy atom. The number of aliphatic hydroxyl groups excluding tert-OH is 1. The molecule has 5 rings (SSSR count). The lowest BCUT2D eigenvalue weighted by Gasteiger charge is -2.41. The molecule has 3 saturated heterocycles. The fraction of sp³-hybridized carbons (Fsp3) is 0.487. The van der Waals surface area contributed by atoms with Gasteiger partial charge in [-0.15, -0.1) is 13.2 Å². The number of fused-ring (bicyclic) bond motifs is 1. The largest absolute Gasteiger partial charge is 0.463 e. The summed E-state index contributed by atoms with van der Waals surface area (Å²) >= 11 is 3.75. The lowest BCUT2D eigenvalue weighted by Crippen LogP contribution is -2.59. The van der Waals surface area contributed by atoms with Crippen LogP contribution < -0.4 is 5.32 Å². The number of likely N-dealkylation sites (tertiary alicyclic amines) is 1. The number of benzene rings is 2. The van der Waals surface area contributed by atoms with Crippen molar-refractivity contribution in [1.29, 1.82) is 0 Å². The van der Waals surface area contributed by atoms with E-state index in [0.717, 1.165) is 18.4 Å². The van der Waals surface area contributed by atoms with Crippen LogP contribution in [0, 0.1) is 11.8 Å². The molecule has 1 spiro atoms. The zero-order valence-corrected chi connectivity index (χ0v) is 30.4. The number of ether oxygens (including phenoxy) is 2. The van der Waals surface area contributed by atoms with Crippen molar-refractivity contribution in [1.82, 2.24) is 15.1 Å². The zero-order valence-electron chi connectivity index (χ0n) is 28.8. The first-order chi connectivity index (χ1) is 24.1. The molecule has 3 aliphatic rings. The van der Waals surface area contributed by atoms with Crippen LogP contribution in [0.2, 0.25) is 0 Å². The number of carbonyl (C=O) groups excluding carboxylic acids is 4. The molecule has 2 N–H and O–H groups in total. The van der Waals surface area contributed by atoms with Crippen molar-refractivity contribution in [3.05, 3.63) is 97.1 Å². The average Bonchev–Trinajstić information content (AvgIpc) is 3.72. The van der Waals surface area contributed by atoms with Gasteiger partial charge in [0.05, 0.1) is 36.6 Å². The van der Waals surface area contributed by atoms with E-state index in [2.05, 4.69) is 41.3 Å². The molecule has 0 saturated carbocycles. The summed E-state index contributed by atoms with van der Waals surface area (Å²) in [7, 11) is 0. The summed E-state index contributed by atoms with van der Waals surface area (Å²) in [5.74, 6) is -3.52. The molecular weight excluding hydrogens is 702 g/mol. The third-order valence-electron chi connectivity index (χ3n) is 10.3. The third kappa shape index (κ3) is 7.18. The summed E-state index contributed by atoms with van der Waals surface area (Å²) in [5, 5.41) is 13.9. The first-order valence-electron chi connectivity index (χ1n) is 17.5. The molecule has 3 aliphatic heterocycles. The highest BCUT2D eigenvalue weighted by atomic mass is 79.9. The summed E-state index contributed by atoms with van der Waals surface area (Å²) in [5.41, 5.74) is 0.0678. The molecule has 9 atom stereocenters. The van der Waals surface area contributed by atoms with Crippen LogP contribution in [-0.4, -0.2) is 87.0 Å². The second-order valence-corrected chi connectivity index (χ2v) is 14.6. The number of esters is 1. The Kier molecular flexibility index (Phi) is 12.3. The number of amides is 3. The maximum Gasteiger partial charge on any atom is 0.306 e. The number of nitrogens with zero attached hydrogens (tertiary/aromatic N) is 2. The van der Waals surface area contributed by atoms with Crippen molar-refractivity contribution in [2.24, 2.45) is 11.8 Å². The third-order valence-corrected chi connectivity index (χ3v) is 11.1. The second kappa shape index (κ2) is 16.5. The number of hydrogen-bond donors (Lipinski definition) is 2. The van der Waals surface area contributed by atoms with Gasteiger partial charge in [0.15, 0.2) is 0 Å². The minimum absolute atomic E-state index is 0.106. The van der Waals surface area contributed by atoms with Crippen LogP contribution in [0.15, 0.2) is 86.0 Å². The van der Waals surface area contributed by atoms with Crippen molar-refractivity contribution >= 4 is 39.6 Å². The quantitative estimate of drug-likeness (QED) is 0.132. The smallest absolute Gasteiger partial charge is 0.306 e. The van der Waals surface area contributed by atoms with Crippen molar-refractivity contribution in [3.8, 4) is 0 Å². The van der Waals surface area contributed by atoms with Crippen LogP contribution in [0.5, 0.6) is 0 Å². The van der Waals surface area contributed by atoms with Crippen LogP contribution in [0.3, 0.4) is 0 Å². The molecule has 2 aromatic rings. The Bertz CT molecular complexity index is 1540. The van der Waals surface area contributed by atoms with Gasteiger partial charge in [-0.05, 0) is 37.3 Å². The summed E-state index contributed by atoms with van der Waals surface area (Å²) in [6.07, 6.45) is 5.17. The molecule has 50 heavy (non-hydrogen) atoms. The molecule has 2 bridgehead atoms. The van der Waals surface area contributed by atoms with Gasteiger partial charge in [0.2, 0.25) is 17.7 Å². The van der Waals surface area contributed by atoms with Crippen LogP contribution in [0.4, 0.5) is 0 Å². The summed E-state index contributed by atoms with van der Waals surface area (Å²) < 4.78 is 12.3. The van der Waals surface area contributed by atoms with Crippen LogP contribution in [-0.2, 0) is 28.7 Å². The highest BCUT2D eigenvalue weighted by molar-refractivity contribution is 9.09. The first kappa shape index (κ1) is 37.5. The van der Waals surface area contributed by atoms with E-state index in [0.29, 0.717) is 18.4 Å². The van der Waals surface area contributed by atoms with E-state index in [9.17, 15) is 24.3 Å². The topological polar surface area (TPSA) is 125 Å². The highest BCUT2D eigenvalue weighted by Gasteiger charge is 2.77. The van der Waals surface area contributed by atoms with Gasteiger partial charge >= 0.3 is 5.97 Å². The maximum atomic E-state index is 14.9. The van der Waals surface area contributed by atoms with E-state index in [1.165, 1.54) is 4.90 Å². The minimum Gasteiger partial charge on any atom is -0.463 e. The monoisotopic (exact) mass is 749 g/mol. The second-order valence-electron chi connectivity index (χ2n) is 13.4. The number of aliphatic hydroxyl groups is 1. The molecule has 0 aliphatic carbocycles. The van der Waals surface area contributed by atoms with Crippen LogP contribution >= 0.6 is 15.9 Å². The van der Waals surface area contributed by atoms with Gasteiger partial charge in [0.1, 0.15) is 18.2 Å². The standard InChI is InChI=1S/C39H48BrN3O7/c1-5-8-20-31(45)49-24-29(26-16-11-9-12-17-26)41-36(46)32-33-37(47)43(30(23-44)27-18-13-10-14-19-27)35(39(33)22-28(40)34(32)50-39)38(48)42(21-7-3)25(4)15-6-2/h5,7,9-14,16-19,25,28-30,32-35,44H,1,3,6,8,15,20-24H2,2,4H3,(H,41,46)/t25?,28?,29-,30+,32-,33+,34-,35-,39+/m0/s1. The first-order valence-corrected chi connectivity index (χ1v) is 18.4. The summed E-state index contributed by atoms with van der Waals surface area (Å²) in [6.45, 7) is 11.3. The van der Waals surface area contributed by atoms with Crippen molar-refractivity contribution in [2.45, 2.75) is 86.7 Å². The number of nitrogens with one attached hydrogen (secondary N) is 1. The lowest BCUT2D eigenvalue weighted by molar-refractivity contribution is -0.152. The number of rotatable bonds is 17. The van der Waals surface area contributed by atoms with Gasteiger partial charge in [-0.1, -0.05) is 102 Å². The van der Waals surface area contributed by atoms with E-state index < -0.39 is 66.1 Å². The molecule has 3 amide bonds. The molecule has 2 unspecified atom stereocenters. The molecule has 3 heterocycles. The predicted molar refractivity (Wildman–Crippen MR) is 193 cm³/mol. The maximum absolute atomic E-state index is 14.9. The number of carbonyl (C=O) groups is 4. The Labute approximate surface area is 303 Å². The molecular formula is C39H48BrN3O7. The van der Waals surface area contributed by atoms with Crippen molar-refractivity contribution in [2.75, 3.05) is 19.8 Å². The molecule has 268 valence electrons. The van der Waals surface area contributed by atoms with Gasteiger partial charge in [-0.2, -0.15) is 0 Å². The number of halogens is 1. The van der Waals surface area contributed by atoms with E-state index in [1.807, 2.05) is 67.6 Å². The predicted octanol–water partition coefficient (Wildman–Crippen LogP) is 5.04.